The second-order valence-corrected chi connectivity index (χ2v) is 4.84. The van der Waals surface area contributed by atoms with Gasteiger partial charge in [0.1, 0.15) is 6.10 Å². The molecule has 1 atom stereocenters. The Bertz CT molecular complexity index is 160. The highest BCUT2D eigenvalue weighted by atomic mass is 16.4. The number of aliphatic carboxylic acids is 1. The van der Waals surface area contributed by atoms with E-state index in [9.17, 15) is 4.79 Å². The summed E-state index contributed by atoms with van der Waals surface area (Å²) < 4.78 is 0. The first-order valence-electron chi connectivity index (χ1n) is 7.47. The molecule has 0 aromatic carbocycles. The Labute approximate surface area is 118 Å². The van der Waals surface area contributed by atoms with Gasteiger partial charge in [-0.3, -0.25) is 0 Å². The lowest BCUT2D eigenvalue weighted by atomic mass is 10.1. The van der Waals surface area contributed by atoms with Crippen LogP contribution >= 0.6 is 0 Å². The Morgan fingerprint density at radius 2 is 1.05 bits per heavy atom. The van der Waals surface area contributed by atoms with Crippen molar-refractivity contribution in [1.82, 2.24) is 0 Å². The van der Waals surface area contributed by atoms with Crippen LogP contribution in [-0.4, -0.2) is 27.8 Å². The van der Waals surface area contributed by atoms with Gasteiger partial charge in [0, 0.05) is 0 Å². The lowest BCUT2D eigenvalue weighted by molar-refractivity contribution is -0.145. The number of aliphatic hydroxyl groups excluding tert-OH is 1. The zero-order valence-corrected chi connectivity index (χ0v) is 13.0. The van der Waals surface area contributed by atoms with Crippen molar-refractivity contribution in [1.29, 1.82) is 0 Å². The van der Waals surface area contributed by atoms with E-state index in [0.717, 1.165) is 0 Å². The van der Waals surface area contributed by atoms with Gasteiger partial charge in [-0.2, -0.15) is 0 Å². The summed E-state index contributed by atoms with van der Waals surface area (Å²) in [6.07, 6.45) is 13.2. The van der Waals surface area contributed by atoms with E-state index < -0.39 is 12.1 Å². The second-order valence-electron chi connectivity index (χ2n) is 4.84. The molecule has 0 radical (unpaired) electrons. The maximum atomic E-state index is 9.45. The molecule has 118 valence electrons. The predicted octanol–water partition coefficient (Wildman–Crippen LogP) is 3.55. The van der Waals surface area contributed by atoms with Crippen molar-refractivity contribution >= 4 is 5.97 Å². The van der Waals surface area contributed by atoms with Crippen LogP contribution in [-0.2, 0) is 4.79 Å². The Morgan fingerprint density at radius 3 is 1.21 bits per heavy atom. The first-order chi connectivity index (χ1) is 8.56. The van der Waals surface area contributed by atoms with Crippen molar-refractivity contribution in [3.05, 3.63) is 0 Å². The molecular weight excluding hydrogens is 244 g/mol. The normalized spacial score (nSPS) is 10.9. The highest BCUT2D eigenvalue weighted by molar-refractivity contribution is 5.71. The van der Waals surface area contributed by atoms with Crippen LogP contribution in [0.3, 0.4) is 0 Å². The molecule has 0 saturated heterocycles. The number of aliphatic hydroxyl groups is 1. The molecule has 0 saturated carbocycles. The van der Waals surface area contributed by atoms with E-state index in [4.69, 9.17) is 10.2 Å². The van der Waals surface area contributed by atoms with Crippen LogP contribution in [0.25, 0.3) is 0 Å². The Balaban J connectivity index is -0.000000313. The van der Waals surface area contributed by atoms with Gasteiger partial charge in [-0.15, -0.1) is 0 Å². The molecule has 1 unspecified atom stereocenters. The fraction of sp³-hybridized carbons (Fsp3) is 0.933. The number of carboxylic acids is 1. The number of carboxylic acid groups (broad SMARTS) is 1. The van der Waals surface area contributed by atoms with Crippen molar-refractivity contribution in [2.45, 2.75) is 91.1 Å². The summed E-state index contributed by atoms with van der Waals surface area (Å²) in [7, 11) is 0. The number of rotatable bonds is 10. The van der Waals surface area contributed by atoms with Crippen LogP contribution < -0.4 is 0 Å². The number of carbonyl (C=O) groups is 1. The molecule has 4 heteroatoms. The fourth-order valence-corrected chi connectivity index (χ4v) is 1.56. The van der Waals surface area contributed by atoms with E-state index >= 15 is 0 Å². The first-order valence-corrected chi connectivity index (χ1v) is 7.47. The summed E-state index contributed by atoms with van der Waals surface area (Å²) in [4.78, 5) is 9.45. The molecule has 0 bridgehead atoms. The van der Waals surface area contributed by atoms with Crippen LogP contribution in [0.1, 0.15) is 85.0 Å². The van der Waals surface area contributed by atoms with Crippen LogP contribution in [0.2, 0.25) is 0 Å². The molecule has 0 aliphatic carbocycles. The maximum absolute atomic E-state index is 9.45. The quantitative estimate of drug-likeness (QED) is 0.599. The zero-order valence-electron chi connectivity index (χ0n) is 13.0. The molecule has 0 heterocycles. The molecule has 19 heavy (non-hydrogen) atoms. The Kier molecular flexibility index (Phi) is 24.4. The molecule has 0 amide bonds. The standard InChI is InChI=1S/C12H26.C3H6O3.H2O/c1-3-5-7-9-11-12-10-8-6-4-2;1-2(4)3(5)6;/h3-12H2,1-2H3;2,4H,1H3,(H,5,6);1H2. The SMILES string of the molecule is CC(O)C(=O)O.CCCCCCCCCCCC.O. The van der Waals surface area contributed by atoms with E-state index in [2.05, 4.69) is 13.8 Å². The molecule has 4 nitrogen and oxygen atoms in total. The van der Waals surface area contributed by atoms with Crippen molar-refractivity contribution < 1.29 is 20.5 Å². The van der Waals surface area contributed by atoms with Crippen LogP contribution in [0.5, 0.6) is 0 Å². The van der Waals surface area contributed by atoms with Gasteiger partial charge in [-0.25, -0.2) is 4.79 Å². The molecule has 0 fully saturated rings. The minimum absolute atomic E-state index is 0. The van der Waals surface area contributed by atoms with Crippen molar-refractivity contribution in [3.63, 3.8) is 0 Å². The van der Waals surface area contributed by atoms with Crippen molar-refractivity contribution in [2.75, 3.05) is 0 Å². The molecule has 0 aromatic rings. The van der Waals surface area contributed by atoms with E-state index in [1.54, 1.807) is 0 Å². The van der Waals surface area contributed by atoms with Gasteiger partial charge in [-0.05, 0) is 6.92 Å². The van der Waals surface area contributed by atoms with Crippen LogP contribution in [0, 0.1) is 0 Å². The monoisotopic (exact) mass is 278 g/mol. The summed E-state index contributed by atoms with van der Waals surface area (Å²) in [6, 6.07) is 0. The van der Waals surface area contributed by atoms with Gasteiger partial charge in [0.25, 0.3) is 0 Å². The molecular formula is C15H34O4. The summed E-state index contributed by atoms with van der Waals surface area (Å²) in [6.45, 7) is 5.75. The lowest BCUT2D eigenvalue weighted by Crippen LogP contribution is -2.13. The largest absolute Gasteiger partial charge is 0.479 e. The highest BCUT2D eigenvalue weighted by Gasteiger charge is 2.01. The van der Waals surface area contributed by atoms with Crippen LogP contribution in [0.15, 0.2) is 0 Å². The van der Waals surface area contributed by atoms with Crippen LogP contribution in [0.4, 0.5) is 0 Å². The maximum Gasteiger partial charge on any atom is 0.332 e. The van der Waals surface area contributed by atoms with Crippen molar-refractivity contribution in [2.24, 2.45) is 0 Å². The first kappa shape index (κ1) is 23.5. The van der Waals surface area contributed by atoms with Gasteiger partial charge in [0.05, 0.1) is 0 Å². The number of hydrogen-bond donors (Lipinski definition) is 2. The summed E-state index contributed by atoms with van der Waals surface area (Å²) in [5.41, 5.74) is 0. The second kappa shape index (κ2) is 19.7. The average molecular weight is 278 g/mol. The van der Waals surface area contributed by atoms with Crippen molar-refractivity contribution in [3.8, 4) is 0 Å². The molecule has 4 N–H and O–H groups in total. The van der Waals surface area contributed by atoms with E-state index in [1.807, 2.05) is 0 Å². The smallest absolute Gasteiger partial charge is 0.332 e. The molecule has 0 aliphatic heterocycles. The van der Waals surface area contributed by atoms with Gasteiger partial charge in [-0.1, -0.05) is 78.1 Å². The minimum atomic E-state index is -1.23. The van der Waals surface area contributed by atoms with Gasteiger partial charge >= 0.3 is 5.97 Å². The topological polar surface area (TPSA) is 89.0 Å². The zero-order chi connectivity index (χ0) is 14.2. The van der Waals surface area contributed by atoms with E-state index in [1.165, 1.54) is 71.1 Å². The number of hydrogen-bond acceptors (Lipinski definition) is 2. The van der Waals surface area contributed by atoms with Gasteiger partial charge < -0.3 is 15.7 Å². The lowest BCUT2D eigenvalue weighted by Gasteiger charge is -1.99. The van der Waals surface area contributed by atoms with E-state index in [-0.39, 0.29) is 5.48 Å². The highest BCUT2D eigenvalue weighted by Crippen LogP contribution is 2.09. The number of unbranched alkanes of at least 4 members (excludes halogenated alkanes) is 9. The molecule has 0 spiro atoms. The van der Waals surface area contributed by atoms with Gasteiger partial charge in [0.15, 0.2) is 0 Å². The molecule has 0 rings (SSSR count). The van der Waals surface area contributed by atoms with E-state index in [0.29, 0.717) is 0 Å². The molecule has 0 aliphatic rings. The third-order valence-corrected chi connectivity index (χ3v) is 2.81. The van der Waals surface area contributed by atoms with Gasteiger partial charge in [0.2, 0.25) is 0 Å². The summed E-state index contributed by atoms with van der Waals surface area (Å²) >= 11 is 0. The Hall–Kier alpha value is -0.610. The Morgan fingerprint density at radius 1 is 0.842 bits per heavy atom. The predicted molar refractivity (Wildman–Crippen MR) is 80.4 cm³/mol. The summed E-state index contributed by atoms with van der Waals surface area (Å²) in [5.74, 6) is -1.19. The molecule has 0 aromatic heterocycles. The average Bonchev–Trinajstić information content (AvgIpc) is 2.33. The fourth-order valence-electron chi connectivity index (χ4n) is 1.56. The summed E-state index contributed by atoms with van der Waals surface area (Å²) in [5, 5.41) is 15.8. The minimum Gasteiger partial charge on any atom is -0.479 e. The third-order valence-electron chi connectivity index (χ3n) is 2.81. The third kappa shape index (κ3) is 26.8.